The summed E-state index contributed by atoms with van der Waals surface area (Å²) in [5.41, 5.74) is 5.03. The van der Waals surface area contributed by atoms with Crippen LogP contribution in [0.4, 0.5) is 5.13 Å². The largest absolute Gasteiger partial charge is 0.381 e. The normalized spacial score (nSPS) is 18.2. The van der Waals surface area contributed by atoms with Gasteiger partial charge < -0.3 is 15.8 Å². The number of hydrogen-bond donors (Lipinski definition) is 2. The van der Waals surface area contributed by atoms with Crippen molar-refractivity contribution < 1.29 is 9.53 Å². The standard InChI is InChI=1S/C12H20N4O2S/c1-2-3-9-15-16-11(19-9)14-8-12(10(13)17)4-6-18-7-5-12/h2-8H2,1H3,(H2,13,17)(H,14,16). The zero-order chi connectivity index (χ0) is 13.7. The molecule has 1 aromatic heterocycles. The predicted octanol–water partition coefficient (Wildman–Crippen LogP) is 1.18. The van der Waals surface area contributed by atoms with Crippen LogP contribution in [0, 0.1) is 5.41 Å². The number of primary amides is 1. The van der Waals surface area contributed by atoms with Crippen LogP contribution in [0.25, 0.3) is 0 Å². The topological polar surface area (TPSA) is 90.1 Å². The SMILES string of the molecule is CCCc1nnc(NCC2(C(N)=O)CCOCC2)s1. The maximum absolute atomic E-state index is 11.7. The van der Waals surface area contributed by atoms with Crippen LogP contribution < -0.4 is 11.1 Å². The molecule has 3 N–H and O–H groups in total. The molecule has 0 atom stereocenters. The second-order valence-electron chi connectivity index (χ2n) is 4.86. The number of ether oxygens (including phenoxy) is 1. The summed E-state index contributed by atoms with van der Waals surface area (Å²) >= 11 is 1.54. The Labute approximate surface area is 116 Å². The molecule has 2 rings (SSSR count). The van der Waals surface area contributed by atoms with Gasteiger partial charge in [-0.05, 0) is 19.3 Å². The van der Waals surface area contributed by atoms with E-state index in [1.807, 2.05) is 0 Å². The first kappa shape index (κ1) is 14.2. The van der Waals surface area contributed by atoms with Crippen molar-refractivity contribution in [2.45, 2.75) is 32.6 Å². The van der Waals surface area contributed by atoms with E-state index in [4.69, 9.17) is 10.5 Å². The van der Waals surface area contributed by atoms with E-state index >= 15 is 0 Å². The molecule has 1 aliphatic rings. The van der Waals surface area contributed by atoms with Gasteiger partial charge in [-0.25, -0.2) is 0 Å². The molecule has 2 heterocycles. The number of aromatic nitrogens is 2. The lowest BCUT2D eigenvalue weighted by Gasteiger charge is -2.34. The molecule has 1 saturated heterocycles. The Balaban J connectivity index is 1.96. The summed E-state index contributed by atoms with van der Waals surface area (Å²) in [5, 5.41) is 13.2. The average Bonchev–Trinajstić information content (AvgIpc) is 2.86. The fraction of sp³-hybridized carbons (Fsp3) is 0.750. The first-order valence-electron chi connectivity index (χ1n) is 6.60. The van der Waals surface area contributed by atoms with Crippen molar-refractivity contribution in [3.05, 3.63) is 5.01 Å². The average molecular weight is 284 g/mol. The summed E-state index contributed by atoms with van der Waals surface area (Å²) in [5.74, 6) is -0.262. The summed E-state index contributed by atoms with van der Waals surface area (Å²) in [6.45, 7) is 3.79. The van der Waals surface area contributed by atoms with Crippen molar-refractivity contribution in [1.29, 1.82) is 0 Å². The maximum atomic E-state index is 11.7. The number of hydrogen-bond acceptors (Lipinski definition) is 6. The van der Waals surface area contributed by atoms with Crippen LogP contribution in [0.5, 0.6) is 0 Å². The monoisotopic (exact) mass is 284 g/mol. The highest BCUT2D eigenvalue weighted by Crippen LogP contribution is 2.31. The Kier molecular flexibility index (Phi) is 4.71. The predicted molar refractivity (Wildman–Crippen MR) is 74.1 cm³/mol. The van der Waals surface area contributed by atoms with Crippen LogP contribution in [0.15, 0.2) is 0 Å². The lowest BCUT2D eigenvalue weighted by molar-refractivity contribution is -0.132. The van der Waals surface area contributed by atoms with E-state index < -0.39 is 5.41 Å². The summed E-state index contributed by atoms with van der Waals surface area (Å²) in [6, 6.07) is 0. The van der Waals surface area contributed by atoms with Crippen molar-refractivity contribution in [2.24, 2.45) is 11.1 Å². The Morgan fingerprint density at radius 2 is 2.21 bits per heavy atom. The Hall–Kier alpha value is -1.21. The van der Waals surface area contributed by atoms with Gasteiger partial charge in [-0.2, -0.15) is 0 Å². The van der Waals surface area contributed by atoms with Crippen molar-refractivity contribution in [1.82, 2.24) is 10.2 Å². The van der Waals surface area contributed by atoms with Gasteiger partial charge in [-0.15, -0.1) is 10.2 Å². The minimum Gasteiger partial charge on any atom is -0.381 e. The van der Waals surface area contributed by atoms with Gasteiger partial charge in [0.15, 0.2) is 0 Å². The smallest absolute Gasteiger partial charge is 0.225 e. The van der Waals surface area contributed by atoms with E-state index in [0.717, 1.165) is 23.0 Å². The highest BCUT2D eigenvalue weighted by molar-refractivity contribution is 7.15. The Morgan fingerprint density at radius 1 is 1.47 bits per heavy atom. The molecule has 1 aliphatic heterocycles. The fourth-order valence-electron chi connectivity index (χ4n) is 2.16. The third-order valence-electron chi connectivity index (χ3n) is 3.48. The van der Waals surface area contributed by atoms with Gasteiger partial charge in [0.25, 0.3) is 0 Å². The lowest BCUT2D eigenvalue weighted by atomic mass is 9.79. The van der Waals surface area contributed by atoms with Crippen LogP contribution in [0.1, 0.15) is 31.2 Å². The highest BCUT2D eigenvalue weighted by Gasteiger charge is 2.38. The second kappa shape index (κ2) is 6.29. The molecular formula is C12H20N4O2S. The number of aryl methyl sites for hydroxylation is 1. The number of nitrogens with zero attached hydrogens (tertiary/aromatic N) is 2. The number of carbonyl (C=O) groups is 1. The molecule has 0 aliphatic carbocycles. The lowest BCUT2D eigenvalue weighted by Crippen LogP contribution is -2.46. The van der Waals surface area contributed by atoms with Gasteiger partial charge in [-0.3, -0.25) is 4.79 Å². The molecule has 0 saturated carbocycles. The molecule has 0 unspecified atom stereocenters. The number of nitrogens with two attached hydrogens (primary N) is 1. The molecule has 1 amide bonds. The molecule has 0 bridgehead atoms. The van der Waals surface area contributed by atoms with E-state index in [2.05, 4.69) is 22.4 Å². The molecule has 1 aromatic rings. The third-order valence-corrected chi connectivity index (χ3v) is 4.42. The summed E-state index contributed by atoms with van der Waals surface area (Å²) in [7, 11) is 0. The minimum absolute atomic E-state index is 0.262. The van der Waals surface area contributed by atoms with E-state index in [0.29, 0.717) is 32.6 Å². The molecule has 7 heteroatoms. The van der Waals surface area contributed by atoms with Crippen LogP contribution >= 0.6 is 11.3 Å². The molecule has 106 valence electrons. The molecule has 0 spiro atoms. The maximum Gasteiger partial charge on any atom is 0.225 e. The summed E-state index contributed by atoms with van der Waals surface area (Å²) in [4.78, 5) is 11.7. The molecule has 0 radical (unpaired) electrons. The quantitative estimate of drug-likeness (QED) is 0.818. The van der Waals surface area contributed by atoms with E-state index in [-0.39, 0.29) is 5.91 Å². The highest BCUT2D eigenvalue weighted by atomic mass is 32.1. The summed E-state index contributed by atoms with van der Waals surface area (Å²) < 4.78 is 5.30. The molecule has 6 nitrogen and oxygen atoms in total. The zero-order valence-corrected chi connectivity index (χ0v) is 12.0. The molecule has 1 fully saturated rings. The van der Waals surface area contributed by atoms with Gasteiger partial charge in [0.1, 0.15) is 5.01 Å². The zero-order valence-electron chi connectivity index (χ0n) is 11.1. The van der Waals surface area contributed by atoms with Crippen LogP contribution in [-0.2, 0) is 16.0 Å². The Morgan fingerprint density at radius 3 is 2.84 bits per heavy atom. The van der Waals surface area contributed by atoms with Gasteiger partial charge >= 0.3 is 0 Å². The first-order chi connectivity index (χ1) is 9.16. The number of nitrogens with one attached hydrogen (secondary N) is 1. The van der Waals surface area contributed by atoms with Gasteiger partial charge in [0, 0.05) is 26.2 Å². The van der Waals surface area contributed by atoms with Crippen molar-refractivity contribution >= 4 is 22.4 Å². The number of carbonyl (C=O) groups excluding carboxylic acids is 1. The van der Waals surface area contributed by atoms with Gasteiger partial charge in [0.2, 0.25) is 11.0 Å². The first-order valence-corrected chi connectivity index (χ1v) is 7.42. The van der Waals surface area contributed by atoms with Crippen LogP contribution in [0.2, 0.25) is 0 Å². The third kappa shape index (κ3) is 3.42. The molecule has 19 heavy (non-hydrogen) atoms. The van der Waals surface area contributed by atoms with E-state index in [1.165, 1.54) is 11.3 Å². The molecular weight excluding hydrogens is 264 g/mol. The fourth-order valence-corrected chi connectivity index (χ4v) is 2.99. The number of amides is 1. The van der Waals surface area contributed by atoms with Crippen molar-refractivity contribution in [3.63, 3.8) is 0 Å². The van der Waals surface area contributed by atoms with Gasteiger partial charge in [0.05, 0.1) is 5.41 Å². The van der Waals surface area contributed by atoms with Gasteiger partial charge in [-0.1, -0.05) is 18.3 Å². The summed E-state index contributed by atoms with van der Waals surface area (Å²) in [6.07, 6.45) is 3.32. The van der Waals surface area contributed by atoms with Crippen LogP contribution in [0.3, 0.4) is 0 Å². The van der Waals surface area contributed by atoms with E-state index in [1.54, 1.807) is 0 Å². The second-order valence-corrected chi connectivity index (χ2v) is 5.92. The minimum atomic E-state index is -0.519. The van der Waals surface area contributed by atoms with Crippen molar-refractivity contribution in [2.75, 3.05) is 25.1 Å². The number of rotatable bonds is 6. The Bertz CT molecular complexity index is 429. The van der Waals surface area contributed by atoms with E-state index in [9.17, 15) is 4.79 Å². The van der Waals surface area contributed by atoms with Crippen molar-refractivity contribution in [3.8, 4) is 0 Å². The number of anilines is 1. The van der Waals surface area contributed by atoms with Crippen LogP contribution in [-0.4, -0.2) is 35.9 Å². The molecule has 0 aromatic carbocycles.